The minimum Gasteiger partial charge on any atom is -0.368 e. The lowest BCUT2D eigenvalue weighted by atomic mass is 10.1. The Morgan fingerprint density at radius 2 is 2.00 bits per heavy atom. The van der Waals surface area contributed by atoms with E-state index in [0.29, 0.717) is 12.1 Å². The molecule has 2 N–H and O–H groups in total. The van der Waals surface area contributed by atoms with Gasteiger partial charge in [-0.05, 0) is 17.7 Å². The van der Waals surface area contributed by atoms with E-state index in [2.05, 4.69) is 15.0 Å². The highest BCUT2D eigenvalue weighted by Crippen LogP contribution is 2.10. The van der Waals surface area contributed by atoms with Crippen molar-refractivity contribution in [2.75, 3.05) is 5.73 Å². The predicted octanol–water partition coefficient (Wildman–Crippen LogP) is 1.18. The molecular formula is C10H9FN4. The van der Waals surface area contributed by atoms with Crippen molar-refractivity contribution in [2.24, 2.45) is 0 Å². The van der Waals surface area contributed by atoms with Crippen LogP contribution >= 0.6 is 0 Å². The Bertz CT molecular complexity index is 458. The zero-order chi connectivity index (χ0) is 10.7. The maximum Gasteiger partial charge on any atom is 0.220 e. The number of rotatable bonds is 2. The molecule has 0 amide bonds. The first-order chi connectivity index (χ1) is 7.25. The molecule has 0 radical (unpaired) electrons. The Labute approximate surface area is 86.0 Å². The Kier molecular flexibility index (Phi) is 2.53. The maximum absolute atomic E-state index is 13.3. The van der Waals surface area contributed by atoms with Crippen molar-refractivity contribution < 1.29 is 4.39 Å². The summed E-state index contributed by atoms with van der Waals surface area (Å²) < 4.78 is 13.3. The molecule has 15 heavy (non-hydrogen) atoms. The fourth-order valence-electron chi connectivity index (χ4n) is 1.24. The van der Waals surface area contributed by atoms with E-state index in [1.165, 1.54) is 0 Å². The van der Waals surface area contributed by atoms with Gasteiger partial charge in [0.1, 0.15) is 0 Å². The molecule has 0 aliphatic rings. The highest BCUT2D eigenvalue weighted by atomic mass is 19.1. The molecule has 0 saturated heterocycles. The number of pyridine rings is 1. The third-order valence-electron chi connectivity index (χ3n) is 1.96. The molecule has 2 aromatic rings. The van der Waals surface area contributed by atoms with Crippen molar-refractivity contribution in [1.29, 1.82) is 0 Å². The van der Waals surface area contributed by atoms with Gasteiger partial charge in [0.15, 0.2) is 5.82 Å². The first-order valence-corrected chi connectivity index (χ1v) is 4.41. The molecule has 5 heteroatoms. The van der Waals surface area contributed by atoms with Crippen molar-refractivity contribution >= 4 is 5.95 Å². The zero-order valence-corrected chi connectivity index (χ0v) is 7.89. The molecule has 4 nitrogen and oxygen atoms in total. The van der Waals surface area contributed by atoms with Gasteiger partial charge in [-0.3, -0.25) is 4.98 Å². The van der Waals surface area contributed by atoms with E-state index in [4.69, 9.17) is 5.73 Å². The van der Waals surface area contributed by atoms with Crippen LogP contribution in [0.2, 0.25) is 0 Å². The Hall–Kier alpha value is -2.04. The molecule has 0 unspecified atom stereocenters. The molecule has 0 saturated carbocycles. The summed E-state index contributed by atoms with van der Waals surface area (Å²) in [7, 11) is 0. The summed E-state index contributed by atoms with van der Waals surface area (Å²) in [5.74, 6) is -0.360. The summed E-state index contributed by atoms with van der Waals surface area (Å²) in [5, 5.41) is 0. The molecule has 2 rings (SSSR count). The third-order valence-corrected chi connectivity index (χ3v) is 1.96. The first kappa shape index (κ1) is 9.51. The van der Waals surface area contributed by atoms with Gasteiger partial charge < -0.3 is 5.73 Å². The molecule has 0 spiro atoms. The smallest absolute Gasteiger partial charge is 0.220 e. The average molecular weight is 204 g/mol. The molecule has 0 aliphatic carbocycles. The van der Waals surface area contributed by atoms with E-state index in [1.807, 2.05) is 0 Å². The van der Waals surface area contributed by atoms with Crippen LogP contribution in [0.3, 0.4) is 0 Å². The fraction of sp³-hybridized carbons (Fsp3) is 0.100. The predicted molar refractivity (Wildman–Crippen MR) is 53.4 cm³/mol. The number of anilines is 1. The van der Waals surface area contributed by atoms with Crippen LogP contribution in [0.15, 0.2) is 30.7 Å². The van der Waals surface area contributed by atoms with E-state index in [0.717, 1.165) is 11.8 Å². The van der Waals surface area contributed by atoms with Crippen LogP contribution in [-0.4, -0.2) is 15.0 Å². The topological polar surface area (TPSA) is 64.7 Å². The highest BCUT2D eigenvalue weighted by Gasteiger charge is 2.06. The number of nitrogens with zero attached hydrogens (tertiary/aromatic N) is 3. The molecular weight excluding hydrogens is 195 g/mol. The first-order valence-electron chi connectivity index (χ1n) is 4.41. The molecule has 0 atom stereocenters. The fourth-order valence-corrected chi connectivity index (χ4v) is 1.24. The van der Waals surface area contributed by atoms with E-state index < -0.39 is 5.82 Å². The molecule has 0 aliphatic heterocycles. The van der Waals surface area contributed by atoms with E-state index in [1.54, 1.807) is 24.5 Å². The van der Waals surface area contributed by atoms with Gasteiger partial charge in [-0.2, -0.15) is 0 Å². The van der Waals surface area contributed by atoms with Gasteiger partial charge in [0.25, 0.3) is 0 Å². The lowest BCUT2D eigenvalue weighted by Crippen LogP contribution is -2.02. The normalized spacial score (nSPS) is 10.2. The van der Waals surface area contributed by atoms with E-state index in [-0.39, 0.29) is 5.95 Å². The molecule has 76 valence electrons. The second-order valence-corrected chi connectivity index (χ2v) is 3.06. The maximum atomic E-state index is 13.3. The van der Waals surface area contributed by atoms with Crippen LogP contribution < -0.4 is 5.73 Å². The quantitative estimate of drug-likeness (QED) is 0.797. The Morgan fingerprint density at radius 1 is 1.27 bits per heavy atom. The van der Waals surface area contributed by atoms with Gasteiger partial charge in [0.2, 0.25) is 5.95 Å². The van der Waals surface area contributed by atoms with Gasteiger partial charge in [-0.1, -0.05) is 0 Å². The molecule has 0 bridgehead atoms. The number of nitrogen functional groups attached to an aromatic ring is 1. The summed E-state index contributed by atoms with van der Waals surface area (Å²) in [6.07, 6.45) is 4.77. The number of hydrogen-bond acceptors (Lipinski definition) is 4. The van der Waals surface area contributed by atoms with E-state index >= 15 is 0 Å². The van der Waals surface area contributed by atoms with Crippen LogP contribution in [0, 0.1) is 5.82 Å². The van der Waals surface area contributed by atoms with Crippen molar-refractivity contribution in [3.8, 4) is 0 Å². The lowest BCUT2D eigenvalue weighted by molar-refractivity contribution is 0.597. The Balaban J connectivity index is 2.28. The SMILES string of the molecule is Nc1ncc(F)c(Cc2ccncc2)n1. The van der Waals surface area contributed by atoms with Gasteiger partial charge >= 0.3 is 0 Å². The van der Waals surface area contributed by atoms with Crippen molar-refractivity contribution in [3.63, 3.8) is 0 Å². The molecule has 0 aromatic carbocycles. The van der Waals surface area contributed by atoms with E-state index in [9.17, 15) is 4.39 Å². The lowest BCUT2D eigenvalue weighted by Gasteiger charge is -2.02. The monoisotopic (exact) mass is 204 g/mol. The number of hydrogen-bond donors (Lipinski definition) is 1. The Morgan fingerprint density at radius 3 is 2.73 bits per heavy atom. The van der Waals surface area contributed by atoms with Crippen molar-refractivity contribution in [2.45, 2.75) is 6.42 Å². The van der Waals surface area contributed by atoms with Crippen LogP contribution in [0.4, 0.5) is 10.3 Å². The van der Waals surface area contributed by atoms with Crippen molar-refractivity contribution in [3.05, 3.63) is 47.8 Å². The summed E-state index contributed by atoms with van der Waals surface area (Å²) in [6.45, 7) is 0. The standard InChI is InChI=1S/C10H9FN4/c11-8-6-14-10(12)15-9(8)5-7-1-3-13-4-2-7/h1-4,6H,5H2,(H2,12,14,15). The summed E-state index contributed by atoms with van der Waals surface area (Å²) in [6, 6.07) is 3.61. The zero-order valence-electron chi connectivity index (χ0n) is 7.89. The number of aromatic nitrogens is 3. The minimum atomic E-state index is -0.444. The molecule has 0 fully saturated rings. The van der Waals surface area contributed by atoms with Gasteiger partial charge in [0, 0.05) is 18.8 Å². The third kappa shape index (κ3) is 2.25. The van der Waals surface area contributed by atoms with Crippen LogP contribution in [0.1, 0.15) is 11.3 Å². The van der Waals surface area contributed by atoms with Gasteiger partial charge in [0.05, 0.1) is 11.9 Å². The largest absolute Gasteiger partial charge is 0.368 e. The highest BCUT2D eigenvalue weighted by molar-refractivity contribution is 5.24. The number of nitrogens with two attached hydrogens (primary N) is 1. The van der Waals surface area contributed by atoms with Crippen LogP contribution in [-0.2, 0) is 6.42 Å². The van der Waals surface area contributed by atoms with Gasteiger partial charge in [-0.25, -0.2) is 14.4 Å². The molecule has 2 heterocycles. The summed E-state index contributed by atoms with van der Waals surface area (Å²) in [4.78, 5) is 11.3. The van der Waals surface area contributed by atoms with Crippen LogP contribution in [0.25, 0.3) is 0 Å². The number of halogens is 1. The van der Waals surface area contributed by atoms with Crippen molar-refractivity contribution in [1.82, 2.24) is 15.0 Å². The van der Waals surface area contributed by atoms with Gasteiger partial charge in [-0.15, -0.1) is 0 Å². The summed E-state index contributed by atoms with van der Waals surface area (Å²) >= 11 is 0. The second kappa shape index (κ2) is 4.00. The average Bonchev–Trinajstić information content (AvgIpc) is 2.25. The van der Waals surface area contributed by atoms with Crippen LogP contribution in [0.5, 0.6) is 0 Å². The minimum absolute atomic E-state index is 0.0838. The second-order valence-electron chi connectivity index (χ2n) is 3.06. The molecule has 2 aromatic heterocycles. The summed E-state index contributed by atoms with van der Waals surface area (Å²) in [5.41, 5.74) is 6.61.